The number of hydrogen-bond donors (Lipinski definition) is 1. The zero-order chi connectivity index (χ0) is 18.6. The fraction of sp³-hybridized carbons (Fsp3) is 0.381. The summed E-state index contributed by atoms with van der Waals surface area (Å²) in [5, 5.41) is 2.88. The number of amides is 1. The minimum Gasteiger partial charge on any atom is -0.497 e. The molecule has 26 heavy (non-hydrogen) atoms. The van der Waals surface area contributed by atoms with Gasteiger partial charge in [-0.2, -0.15) is 0 Å². The summed E-state index contributed by atoms with van der Waals surface area (Å²) in [6.07, 6.45) is 1.60. The molecule has 3 rings (SSSR count). The van der Waals surface area contributed by atoms with Crippen molar-refractivity contribution in [1.29, 1.82) is 0 Å². The van der Waals surface area contributed by atoms with Crippen molar-refractivity contribution in [3.8, 4) is 17.2 Å². The second-order valence-corrected chi connectivity index (χ2v) is 7.02. The van der Waals surface area contributed by atoms with E-state index in [-0.39, 0.29) is 18.1 Å². The lowest BCUT2D eigenvalue weighted by atomic mass is 10.0. The van der Waals surface area contributed by atoms with Crippen molar-refractivity contribution in [2.45, 2.75) is 32.3 Å². The molecule has 0 aliphatic carbocycles. The molecule has 5 heteroatoms. The molecule has 138 valence electrons. The zero-order valence-corrected chi connectivity index (χ0v) is 15.5. The van der Waals surface area contributed by atoms with Gasteiger partial charge < -0.3 is 19.5 Å². The number of methoxy groups -OCH3 is 1. The van der Waals surface area contributed by atoms with Crippen LogP contribution >= 0.6 is 0 Å². The van der Waals surface area contributed by atoms with Crippen molar-refractivity contribution < 1.29 is 19.0 Å². The summed E-state index contributed by atoms with van der Waals surface area (Å²) in [5.41, 5.74) is 2.03. The van der Waals surface area contributed by atoms with Crippen LogP contribution in [0.2, 0.25) is 0 Å². The number of rotatable bonds is 7. The summed E-state index contributed by atoms with van der Waals surface area (Å²) >= 11 is 0. The minimum atomic E-state index is -0.234. The SMILES string of the molecule is COc1ccc(CCNC(=O)COc2cccc3c2OC(C)(C)C3)cc1. The van der Waals surface area contributed by atoms with E-state index in [4.69, 9.17) is 14.2 Å². The quantitative estimate of drug-likeness (QED) is 0.829. The molecular formula is C21H25NO4. The van der Waals surface area contributed by atoms with Crippen LogP contribution in [0, 0.1) is 0 Å². The fourth-order valence-corrected chi connectivity index (χ4v) is 3.03. The van der Waals surface area contributed by atoms with Crippen LogP contribution in [0.4, 0.5) is 0 Å². The maximum atomic E-state index is 12.0. The van der Waals surface area contributed by atoms with Crippen molar-refractivity contribution in [3.05, 3.63) is 53.6 Å². The van der Waals surface area contributed by atoms with E-state index in [1.165, 1.54) is 0 Å². The summed E-state index contributed by atoms with van der Waals surface area (Å²) < 4.78 is 16.8. The third kappa shape index (κ3) is 4.48. The average Bonchev–Trinajstić information content (AvgIpc) is 2.95. The lowest BCUT2D eigenvalue weighted by molar-refractivity contribution is -0.123. The van der Waals surface area contributed by atoms with Crippen molar-refractivity contribution in [3.63, 3.8) is 0 Å². The van der Waals surface area contributed by atoms with E-state index < -0.39 is 0 Å². The van der Waals surface area contributed by atoms with Gasteiger partial charge in [0.25, 0.3) is 5.91 Å². The molecule has 1 N–H and O–H groups in total. The summed E-state index contributed by atoms with van der Waals surface area (Å²) in [5.74, 6) is 2.06. The molecule has 0 aromatic heterocycles. The number of fused-ring (bicyclic) bond motifs is 1. The monoisotopic (exact) mass is 355 g/mol. The van der Waals surface area contributed by atoms with Crippen molar-refractivity contribution in [2.75, 3.05) is 20.3 Å². The summed E-state index contributed by atoms with van der Waals surface area (Å²) in [6.45, 7) is 4.62. The second-order valence-electron chi connectivity index (χ2n) is 7.02. The molecule has 0 spiro atoms. The predicted octanol–water partition coefficient (Wildman–Crippen LogP) is 3.15. The van der Waals surface area contributed by atoms with E-state index in [2.05, 4.69) is 5.32 Å². The van der Waals surface area contributed by atoms with Gasteiger partial charge in [-0.25, -0.2) is 0 Å². The van der Waals surface area contributed by atoms with Gasteiger partial charge in [-0.1, -0.05) is 24.3 Å². The summed E-state index contributed by atoms with van der Waals surface area (Å²) in [6, 6.07) is 13.6. The zero-order valence-electron chi connectivity index (χ0n) is 15.5. The second kappa shape index (κ2) is 7.68. The van der Waals surface area contributed by atoms with E-state index in [1.807, 2.05) is 56.3 Å². The number of carbonyl (C=O) groups excluding carboxylic acids is 1. The molecule has 1 aliphatic rings. The van der Waals surface area contributed by atoms with Gasteiger partial charge in [0, 0.05) is 18.5 Å². The summed E-state index contributed by atoms with van der Waals surface area (Å²) in [7, 11) is 1.64. The Morgan fingerprint density at radius 3 is 2.69 bits per heavy atom. The molecule has 2 aromatic carbocycles. The highest BCUT2D eigenvalue weighted by Crippen LogP contribution is 2.41. The molecule has 0 saturated carbocycles. The largest absolute Gasteiger partial charge is 0.497 e. The molecular weight excluding hydrogens is 330 g/mol. The van der Waals surface area contributed by atoms with Crippen LogP contribution in [-0.4, -0.2) is 31.8 Å². The Hall–Kier alpha value is -2.69. The Morgan fingerprint density at radius 1 is 1.19 bits per heavy atom. The lowest BCUT2D eigenvalue weighted by Gasteiger charge is -2.18. The Kier molecular flexibility index (Phi) is 5.35. The first-order valence-electron chi connectivity index (χ1n) is 8.80. The van der Waals surface area contributed by atoms with Gasteiger partial charge in [0.05, 0.1) is 7.11 Å². The highest BCUT2D eigenvalue weighted by molar-refractivity contribution is 5.77. The normalized spacial score (nSPS) is 14.3. The van der Waals surface area contributed by atoms with Crippen LogP contribution in [-0.2, 0) is 17.6 Å². The molecule has 0 radical (unpaired) electrons. The highest BCUT2D eigenvalue weighted by Gasteiger charge is 2.32. The van der Waals surface area contributed by atoms with Crippen molar-refractivity contribution >= 4 is 5.91 Å². The maximum Gasteiger partial charge on any atom is 0.257 e. The number of benzene rings is 2. The van der Waals surface area contributed by atoms with Crippen molar-refractivity contribution in [1.82, 2.24) is 5.32 Å². The predicted molar refractivity (Wildman–Crippen MR) is 100 cm³/mol. The van der Waals surface area contributed by atoms with Gasteiger partial charge >= 0.3 is 0 Å². The highest BCUT2D eigenvalue weighted by atomic mass is 16.5. The van der Waals surface area contributed by atoms with Gasteiger partial charge in [0.2, 0.25) is 0 Å². The van der Waals surface area contributed by atoms with Crippen LogP contribution in [0.25, 0.3) is 0 Å². The van der Waals surface area contributed by atoms with E-state index in [9.17, 15) is 4.79 Å². The standard InChI is InChI=1S/C21H25NO4/c1-21(2)13-16-5-4-6-18(20(16)26-21)25-14-19(23)22-12-11-15-7-9-17(24-3)10-8-15/h4-10H,11-14H2,1-3H3,(H,22,23). The molecule has 0 atom stereocenters. The molecule has 0 bridgehead atoms. The van der Waals surface area contributed by atoms with E-state index >= 15 is 0 Å². The number of para-hydroxylation sites is 1. The molecule has 0 saturated heterocycles. The maximum absolute atomic E-state index is 12.0. The molecule has 1 amide bonds. The lowest BCUT2D eigenvalue weighted by Crippen LogP contribution is -2.30. The molecule has 2 aromatic rings. The van der Waals surface area contributed by atoms with E-state index in [0.29, 0.717) is 12.3 Å². The number of ether oxygens (including phenoxy) is 3. The van der Waals surface area contributed by atoms with Gasteiger partial charge in [-0.05, 0) is 44.0 Å². The van der Waals surface area contributed by atoms with Crippen LogP contribution in [0.1, 0.15) is 25.0 Å². The van der Waals surface area contributed by atoms with Crippen LogP contribution < -0.4 is 19.5 Å². The topological polar surface area (TPSA) is 56.8 Å². The number of carbonyl (C=O) groups is 1. The Bertz CT molecular complexity index is 768. The van der Waals surface area contributed by atoms with Crippen LogP contribution in [0.15, 0.2) is 42.5 Å². The Morgan fingerprint density at radius 2 is 1.96 bits per heavy atom. The Labute approximate surface area is 154 Å². The number of hydrogen-bond acceptors (Lipinski definition) is 4. The molecule has 1 heterocycles. The third-order valence-electron chi connectivity index (χ3n) is 4.31. The first-order chi connectivity index (χ1) is 12.5. The Balaban J connectivity index is 1.46. The first kappa shape index (κ1) is 18.1. The smallest absolute Gasteiger partial charge is 0.257 e. The first-order valence-corrected chi connectivity index (χ1v) is 8.80. The van der Waals surface area contributed by atoms with Gasteiger partial charge in [0.15, 0.2) is 18.1 Å². The minimum absolute atomic E-state index is 0.0249. The summed E-state index contributed by atoms with van der Waals surface area (Å²) in [4.78, 5) is 12.0. The molecule has 5 nitrogen and oxygen atoms in total. The van der Waals surface area contributed by atoms with E-state index in [0.717, 1.165) is 35.5 Å². The molecule has 1 aliphatic heterocycles. The average molecular weight is 355 g/mol. The molecule has 0 fully saturated rings. The van der Waals surface area contributed by atoms with E-state index in [1.54, 1.807) is 7.11 Å². The van der Waals surface area contributed by atoms with Crippen LogP contribution in [0.5, 0.6) is 17.2 Å². The van der Waals surface area contributed by atoms with Gasteiger partial charge in [-0.15, -0.1) is 0 Å². The fourth-order valence-electron chi connectivity index (χ4n) is 3.03. The number of nitrogens with one attached hydrogen (secondary N) is 1. The van der Waals surface area contributed by atoms with Crippen LogP contribution in [0.3, 0.4) is 0 Å². The van der Waals surface area contributed by atoms with Gasteiger partial charge in [0.1, 0.15) is 11.4 Å². The van der Waals surface area contributed by atoms with Crippen molar-refractivity contribution in [2.24, 2.45) is 0 Å². The third-order valence-corrected chi connectivity index (χ3v) is 4.31. The molecule has 0 unspecified atom stereocenters. The van der Waals surface area contributed by atoms with Gasteiger partial charge in [-0.3, -0.25) is 4.79 Å².